The van der Waals surface area contributed by atoms with E-state index in [9.17, 15) is 15.0 Å². The Hall–Kier alpha value is -0.670. The highest BCUT2D eigenvalue weighted by Crippen LogP contribution is 2.56. The summed E-state index contributed by atoms with van der Waals surface area (Å²) in [5.74, 6) is 0.574. The quantitative estimate of drug-likeness (QED) is 0.689. The molecule has 2 fully saturated rings. The number of aliphatic hydroxyl groups is 2. The van der Waals surface area contributed by atoms with Crippen molar-refractivity contribution in [3.8, 4) is 0 Å². The third kappa shape index (κ3) is 1.68. The van der Waals surface area contributed by atoms with Crippen LogP contribution in [0.25, 0.3) is 0 Å². The maximum atomic E-state index is 11.6. The molecule has 0 aromatic carbocycles. The van der Waals surface area contributed by atoms with Crippen LogP contribution in [0.2, 0.25) is 0 Å². The van der Waals surface area contributed by atoms with Gasteiger partial charge in [-0.2, -0.15) is 0 Å². The molecule has 0 aromatic rings. The molecule has 3 heteroatoms. The maximum Gasteiger partial charge on any atom is 0.155 e. The van der Waals surface area contributed by atoms with Crippen molar-refractivity contribution in [1.82, 2.24) is 0 Å². The molecule has 0 aliphatic heterocycles. The highest BCUT2D eigenvalue weighted by Gasteiger charge is 2.53. The molecule has 0 heterocycles. The Morgan fingerprint density at radius 2 is 1.89 bits per heavy atom. The van der Waals surface area contributed by atoms with Crippen LogP contribution in [0.1, 0.15) is 45.4 Å². The Kier molecular flexibility index (Phi) is 2.87. The predicted octanol–water partition coefficient (Wildman–Crippen LogP) is 1.82. The normalized spacial score (nSPS) is 48.2. The molecule has 0 amide bonds. The first-order valence-corrected chi connectivity index (χ1v) is 7.12. The molecule has 0 bridgehead atoms. The minimum atomic E-state index is -0.319. The van der Waals surface area contributed by atoms with Crippen LogP contribution >= 0.6 is 0 Å². The summed E-state index contributed by atoms with van der Waals surface area (Å²) in [5.41, 5.74) is 1.14. The van der Waals surface area contributed by atoms with Crippen LogP contribution in [-0.4, -0.2) is 28.2 Å². The number of allylic oxidation sites excluding steroid dienone is 2. The fourth-order valence-corrected chi connectivity index (χ4v) is 4.56. The van der Waals surface area contributed by atoms with Gasteiger partial charge in [-0.15, -0.1) is 0 Å². The van der Waals surface area contributed by atoms with E-state index in [-0.39, 0.29) is 35.2 Å². The lowest BCUT2D eigenvalue weighted by Gasteiger charge is -2.54. The molecule has 100 valence electrons. The average molecular weight is 250 g/mol. The number of carbonyl (C=O) groups is 1. The third-order valence-corrected chi connectivity index (χ3v) is 5.57. The smallest absolute Gasteiger partial charge is 0.155 e. The second kappa shape index (κ2) is 4.17. The van der Waals surface area contributed by atoms with Crippen LogP contribution in [0.15, 0.2) is 11.6 Å². The number of hydrogen-bond acceptors (Lipinski definition) is 3. The first-order chi connectivity index (χ1) is 8.52. The summed E-state index contributed by atoms with van der Waals surface area (Å²) >= 11 is 0. The van der Waals surface area contributed by atoms with Gasteiger partial charge in [0.25, 0.3) is 0 Å². The SMILES string of the molecule is CC12CCC(=O)C=C1CCC1C(O)CCC(O)C12. The number of aliphatic hydroxyl groups excluding tert-OH is 2. The van der Waals surface area contributed by atoms with Gasteiger partial charge in [0.2, 0.25) is 0 Å². The van der Waals surface area contributed by atoms with Crippen molar-refractivity contribution in [2.75, 3.05) is 0 Å². The molecule has 5 atom stereocenters. The van der Waals surface area contributed by atoms with E-state index < -0.39 is 0 Å². The molecule has 2 N–H and O–H groups in total. The highest BCUT2D eigenvalue weighted by molar-refractivity contribution is 5.91. The van der Waals surface area contributed by atoms with Gasteiger partial charge < -0.3 is 10.2 Å². The van der Waals surface area contributed by atoms with Crippen molar-refractivity contribution in [2.24, 2.45) is 17.3 Å². The summed E-state index contributed by atoms with van der Waals surface area (Å²) < 4.78 is 0. The summed E-state index contributed by atoms with van der Waals surface area (Å²) in [6.07, 6.45) is 5.89. The van der Waals surface area contributed by atoms with Gasteiger partial charge in [0, 0.05) is 6.42 Å². The van der Waals surface area contributed by atoms with Crippen molar-refractivity contribution in [3.05, 3.63) is 11.6 Å². The zero-order valence-corrected chi connectivity index (χ0v) is 10.9. The Balaban J connectivity index is 1.99. The minimum Gasteiger partial charge on any atom is -0.393 e. The molecule has 3 rings (SSSR count). The van der Waals surface area contributed by atoms with E-state index in [1.165, 1.54) is 5.57 Å². The standard InChI is InChI=1S/C15H22O3/c1-15-7-6-10(16)8-9(15)2-3-11-12(17)4-5-13(18)14(11)15/h8,11-14,17-18H,2-7H2,1H3. The van der Waals surface area contributed by atoms with E-state index in [0.29, 0.717) is 12.8 Å². The lowest BCUT2D eigenvalue weighted by atomic mass is 9.52. The van der Waals surface area contributed by atoms with Gasteiger partial charge in [-0.25, -0.2) is 0 Å². The van der Waals surface area contributed by atoms with Gasteiger partial charge in [0.1, 0.15) is 0 Å². The highest BCUT2D eigenvalue weighted by atomic mass is 16.3. The monoisotopic (exact) mass is 250 g/mol. The lowest BCUT2D eigenvalue weighted by molar-refractivity contribution is -0.122. The predicted molar refractivity (Wildman–Crippen MR) is 67.9 cm³/mol. The molecular weight excluding hydrogens is 228 g/mol. The van der Waals surface area contributed by atoms with E-state index in [2.05, 4.69) is 6.92 Å². The van der Waals surface area contributed by atoms with Gasteiger partial charge in [0.15, 0.2) is 5.78 Å². The molecule has 3 aliphatic rings. The summed E-state index contributed by atoms with van der Waals surface area (Å²) in [4.78, 5) is 11.6. The van der Waals surface area contributed by atoms with Crippen molar-refractivity contribution >= 4 is 5.78 Å². The maximum absolute atomic E-state index is 11.6. The molecule has 3 nitrogen and oxygen atoms in total. The van der Waals surface area contributed by atoms with Crippen molar-refractivity contribution in [3.63, 3.8) is 0 Å². The Labute approximate surface area is 108 Å². The van der Waals surface area contributed by atoms with Gasteiger partial charge >= 0.3 is 0 Å². The molecule has 5 unspecified atom stereocenters. The molecule has 2 saturated carbocycles. The van der Waals surface area contributed by atoms with Crippen LogP contribution < -0.4 is 0 Å². The van der Waals surface area contributed by atoms with Gasteiger partial charge in [-0.05, 0) is 55.4 Å². The number of ketones is 1. The lowest BCUT2D eigenvalue weighted by Crippen LogP contribution is -2.53. The Bertz CT molecular complexity index is 401. The van der Waals surface area contributed by atoms with Crippen LogP contribution in [0.3, 0.4) is 0 Å². The molecular formula is C15H22O3. The largest absolute Gasteiger partial charge is 0.393 e. The number of fused-ring (bicyclic) bond motifs is 3. The number of hydrogen-bond donors (Lipinski definition) is 2. The van der Waals surface area contributed by atoms with E-state index in [1.54, 1.807) is 0 Å². The van der Waals surface area contributed by atoms with Crippen LogP contribution in [0, 0.1) is 17.3 Å². The molecule has 3 aliphatic carbocycles. The van der Waals surface area contributed by atoms with E-state index in [1.807, 2.05) is 6.08 Å². The van der Waals surface area contributed by atoms with Crippen LogP contribution in [0.5, 0.6) is 0 Å². The third-order valence-electron chi connectivity index (χ3n) is 5.57. The Morgan fingerprint density at radius 1 is 1.17 bits per heavy atom. The topological polar surface area (TPSA) is 57.5 Å². The Morgan fingerprint density at radius 3 is 2.67 bits per heavy atom. The summed E-state index contributed by atoms with van der Waals surface area (Å²) in [7, 11) is 0. The summed E-state index contributed by atoms with van der Waals surface area (Å²) in [5, 5.41) is 20.6. The van der Waals surface area contributed by atoms with Crippen LogP contribution in [0.4, 0.5) is 0 Å². The summed E-state index contributed by atoms with van der Waals surface area (Å²) in [6.45, 7) is 2.18. The van der Waals surface area contributed by atoms with E-state index >= 15 is 0 Å². The molecule has 18 heavy (non-hydrogen) atoms. The average Bonchev–Trinajstić information content (AvgIpc) is 2.34. The number of rotatable bonds is 0. The first kappa shape index (κ1) is 12.4. The van der Waals surface area contributed by atoms with E-state index in [4.69, 9.17) is 0 Å². The van der Waals surface area contributed by atoms with Crippen LogP contribution in [-0.2, 0) is 4.79 Å². The molecule has 0 spiro atoms. The van der Waals surface area contributed by atoms with Gasteiger partial charge in [0.05, 0.1) is 12.2 Å². The fraction of sp³-hybridized carbons (Fsp3) is 0.800. The van der Waals surface area contributed by atoms with Crippen molar-refractivity contribution in [1.29, 1.82) is 0 Å². The molecule has 0 aromatic heterocycles. The zero-order chi connectivity index (χ0) is 12.9. The summed E-state index contributed by atoms with van der Waals surface area (Å²) in [6, 6.07) is 0. The second-order valence-corrected chi connectivity index (χ2v) is 6.49. The molecule has 0 radical (unpaired) electrons. The van der Waals surface area contributed by atoms with E-state index in [0.717, 1.165) is 25.7 Å². The fourth-order valence-electron chi connectivity index (χ4n) is 4.56. The zero-order valence-electron chi connectivity index (χ0n) is 10.9. The van der Waals surface area contributed by atoms with Gasteiger partial charge in [-0.3, -0.25) is 4.79 Å². The minimum absolute atomic E-state index is 0.0718. The second-order valence-electron chi connectivity index (χ2n) is 6.49. The van der Waals surface area contributed by atoms with Crippen molar-refractivity contribution in [2.45, 2.75) is 57.7 Å². The number of carbonyl (C=O) groups excluding carboxylic acids is 1. The van der Waals surface area contributed by atoms with Crippen molar-refractivity contribution < 1.29 is 15.0 Å². The first-order valence-electron chi connectivity index (χ1n) is 7.12. The van der Waals surface area contributed by atoms with Gasteiger partial charge in [-0.1, -0.05) is 12.5 Å². The molecule has 0 saturated heterocycles.